The molecular weight excluding hydrogens is 424 g/mol. The number of methoxy groups -OCH3 is 1. The third-order valence-corrected chi connectivity index (χ3v) is 3.73. The van der Waals surface area contributed by atoms with Gasteiger partial charge in [-0.3, -0.25) is 4.79 Å². The van der Waals surface area contributed by atoms with E-state index in [4.69, 9.17) is 21.1 Å². The number of carbonyl (C=O) groups is 1. The number of benzene rings is 2. The fourth-order valence-corrected chi connectivity index (χ4v) is 2.77. The van der Waals surface area contributed by atoms with Gasteiger partial charge in [-0.2, -0.15) is 8.78 Å². The number of rotatable bonds is 7. The Kier molecular flexibility index (Phi) is 6.83. The highest BCUT2D eigenvalue weighted by Gasteiger charge is 2.17. The maximum atomic E-state index is 12.5. The molecule has 0 unspecified atom stereocenters. The molecule has 0 aliphatic heterocycles. The van der Waals surface area contributed by atoms with Gasteiger partial charge in [0.05, 0.1) is 17.3 Å². The Morgan fingerprint density at radius 1 is 1.24 bits per heavy atom. The normalized spacial score (nSPS) is 10.5. The Balaban J connectivity index is 2.04. The fourth-order valence-electron chi connectivity index (χ4n) is 1.87. The number of alkyl halides is 2. The first-order valence-electron chi connectivity index (χ1n) is 6.89. The SMILES string of the molecule is COc1ccc(OCC(=O)Nc2cc(Cl)cc(Br)c2OC(F)F)cc1. The Morgan fingerprint density at radius 2 is 1.88 bits per heavy atom. The van der Waals surface area contributed by atoms with Gasteiger partial charge in [0.2, 0.25) is 0 Å². The van der Waals surface area contributed by atoms with Crippen molar-refractivity contribution in [1.29, 1.82) is 0 Å². The second-order valence-corrected chi connectivity index (χ2v) is 5.95. The van der Waals surface area contributed by atoms with Crippen LogP contribution in [0.4, 0.5) is 14.5 Å². The summed E-state index contributed by atoms with van der Waals surface area (Å²) in [5.74, 6) is 0.308. The fraction of sp³-hybridized carbons (Fsp3) is 0.188. The van der Waals surface area contributed by atoms with Gasteiger partial charge in [0, 0.05) is 5.02 Å². The average molecular weight is 437 g/mol. The summed E-state index contributed by atoms with van der Waals surface area (Å²) in [6, 6.07) is 9.30. The molecule has 0 bridgehead atoms. The number of halogens is 4. The van der Waals surface area contributed by atoms with E-state index in [-0.39, 0.29) is 27.5 Å². The van der Waals surface area contributed by atoms with Crippen LogP contribution in [0.2, 0.25) is 5.02 Å². The van der Waals surface area contributed by atoms with Crippen LogP contribution in [-0.2, 0) is 4.79 Å². The van der Waals surface area contributed by atoms with Gasteiger partial charge in [-0.15, -0.1) is 0 Å². The first kappa shape index (κ1) is 19.3. The number of hydrogen-bond acceptors (Lipinski definition) is 4. The van der Waals surface area contributed by atoms with Gasteiger partial charge in [0.15, 0.2) is 12.4 Å². The predicted octanol–water partition coefficient (Wildman–Crippen LogP) is 4.73. The molecule has 1 amide bonds. The third-order valence-electron chi connectivity index (χ3n) is 2.92. The molecule has 1 N–H and O–H groups in total. The minimum atomic E-state index is -3.05. The monoisotopic (exact) mass is 435 g/mol. The summed E-state index contributed by atoms with van der Waals surface area (Å²) in [7, 11) is 1.53. The Hall–Kier alpha value is -2.06. The molecule has 5 nitrogen and oxygen atoms in total. The van der Waals surface area contributed by atoms with Crippen molar-refractivity contribution in [3.05, 3.63) is 45.9 Å². The minimum absolute atomic E-state index is 0.00278. The second kappa shape index (κ2) is 8.87. The van der Waals surface area contributed by atoms with E-state index in [0.29, 0.717) is 11.5 Å². The van der Waals surface area contributed by atoms with Crippen molar-refractivity contribution in [2.75, 3.05) is 19.0 Å². The molecule has 0 atom stereocenters. The number of carbonyl (C=O) groups excluding carboxylic acids is 1. The lowest BCUT2D eigenvalue weighted by Crippen LogP contribution is -2.21. The van der Waals surface area contributed by atoms with Crippen molar-refractivity contribution < 1.29 is 27.8 Å². The van der Waals surface area contributed by atoms with Crippen LogP contribution in [0.1, 0.15) is 0 Å². The molecule has 0 saturated carbocycles. The van der Waals surface area contributed by atoms with Crippen LogP contribution in [0, 0.1) is 0 Å². The number of ether oxygens (including phenoxy) is 3. The summed E-state index contributed by atoms with van der Waals surface area (Å²) in [6.45, 7) is -3.38. The first-order chi connectivity index (χ1) is 11.9. The molecule has 134 valence electrons. The van der Waals surface area contributed by atoms with Gasteiger partial charge in [-0.25, -0.2) is 0 Å². The molecule has 0 aromatic heterocycles. The molecule has 2 aromatic carbocycles. The molecule has 0 radical (unpaired) electrons. The summed E-state index contributed by atoms with van der Waals surface area (Å²) in [6.07, 6.45) is 0. The highest BCUT2D eigenvalue weighted by Crippen LogP contribution is 2.37. The molecule has 0 heterocycles. The molecule has 2 rings (SSSR count). The van der Waals surface area contributed by atoms with Crippen molar-refractivity contribution in [2.24, 2.45) is 0 Å². The molecule has 0 saturated heterocycles. The second-order valence-electron chi connectivity index (χ2n) is 4.66. The van der Waals surface area contributed by atoms with Crippen molar-refractivity contribution in [2.45, 2.75) is 6.61 Å². The van der Waals surface area contributed by atoms with E-state index in [1.54, 1.807) is 24.3 Å². The Morgan fingerprint density at radius 3 is 2.48 bits per heavy atom. The first-order valence-corrected chi connectivity index (χ1v) is 8.06. The van der Waals surface area contributed by atoms with Crippen molar-refractivity contribution in [3.63, 3.8) is 0 Å². The molecule has 25 heavy (non-hydrogen) atoms. The number of hydrogen-bond donors (Lipinski definition) is 1. The van der Waals surface area contributed by atoms with Crippen molar-refractivity contribution in [1.82, 2.24) is 0 Å². The summed E-state index contributed by atoms with van der Waals surface area (Å²) in [4.78, 5) is 12.0. The highest BCUT2D eigenvalue weighted by atomic mass is 79.9. The molecule has 0 fully saturated rings. The Labute approximate surface area is 156 Å². The lowest BCUT2D eigenvalue weighted by molar-refractivity contribution is -0.118. The maximum Gasteiger partial charge on any atom is 0.387 e. The van der Waals surface area contributed by atoms with Crippen molar-refractivity contribution in [3.8, 4) is 17.2 Å². The van der Waals surface area contributed by atoms with Crippen LogP contribution in [0.5, 0.6) is 17.2 Å². The van der Waals surface area contributed by atoms with E-state index in [9.17, 15) is 13.6 Å². The Bertz CT molecular complexity index is 744. The zero-order valence-corrected chi connectivity index (χ0v) is 15.2. The largest absolute Gasteiger partial charge is 0.497 e. The van der Waals surface area contributed by atoms with E-state index < -0.39 is 12.5 Å². The minimum Gasteiger partial charge on any atom is -0.497 e. The van der Waals surface area contributed by atoms with Crippen LogP contribution in [0.15, 0.2) is 40.9 Å². The molecule has 2 aromatic rings. The number of nitrogens with one attached hydrogen (secondary N) is 1. The molecular formula is C16H13BrClF2NO4. The average Bonchev–Trinajstić information content (AvgIpc) is 2.56. The van der Waals surface area contributed by atoms with Crippen LogP contribution in [0.25, 0.3) is 0 Å². The van der Waals surface area contributed by atoms with E-state index in [1.165, 1.54) is 19.2 Å². The summed E-state index contributed by atoms with van der Waals surface area (Å²) in [5.41, 5.74) is 0.00278. The smallest absolute Gasteiger partial charge is 0.387 e. The van der Waals surface area contributed by atoms with Crippen LogP contribution in [-0.4, -0.2) is 26.2 Å². The van der Waals surface area contributed by atoms with Crippen LogP contribution >= 0.6 is 27.5 Å². The summed E-state index contributed by atoms with van der Waals surface area (Å²) < 4.78 is 40.0. The molecule has 9 heteroatoms. The van der Waals surface area contributed by atoms with Gasteiger partial charge < -0.3 is 19.5 Å². The molecule has 0 spiro atoms. The van der Waals surface area contributed by atoms with Crippen LogP contribution < -0.4 is 19.5 Å². The molecule has 0 aliphatic rings. The van der Waals surface area contributed by atoms with Crippen molar-refractivity contribution >= 4 is 39.1 Å². The molecule has 0 aliphatic carbocycles. The zero-order valence-electron chi connectivity index (χ0n) is 12.9. The maximum absolute atomic E-state index is 12.5. The van der Waals surface area contributed by atoms with Gasteiger partial charge in [-0.05, 0) is 52.3 Å². The van der Waals surface area contributed by atoms with Gasteiger partial charge in [0.1, 0.15) is 11.5 Å². The standard InChI is InChI=1S/C16H13BrClF2NO4/c1-23-10-2-4-11(5-3-10)24-8-14(22)21-13-7-9(18)6-12(17)15(13)25-16(19)20/h2-7,16H,8H2,1H3,(H,21,22). The topological polar surface area (TPSA) is 56.8 Å². The quantitative estimate of drug-likeness (QED) is 0.682. The summed E-state index contributed by atoms with van der Waals surface area (Å²) >= 11 is 8.94. The highest BCUT2D eigenvalue weighted by molar-refractivity contribution is 9.10. The number of amides is 1. The van der Waals surface area contributed by atoms with E-state index in [2.05, 4.69) is 26.0 Å². The van der Waals surface area contributed by atoms with E-state index in [1.807, 2.05) is 0 Å². The lowest BCUT2D eigenvalue weighted by atomic mass is 10.3. The van der Waals surface area contributed by atoms with Gasteiger partial charge >= 0.3 is 6.61 Å². The number of anilines is 1. The summed E-state index contributed by atoms with van der Waals surface area (Å²) in [5, 5.41) is 2.66. The third kappa shape index (κ3) is 5.75. The van der Waals surface area contributed by atoms with E-state index >= 15 is 0 Å². The van der Waals surface area contributed by atoms with Gasteiger partial charge in [-0.1, -0.05) is 11.6 Å². The lowest BCUT2D eigenvalue weighted by Gasteiger charge is -2.14. The van der Waals surface area contributed by atoms with Gasteiger partial charge in [0.25, 0.3) is 5.91 Å². The zero-order chi connectivity index (χ0) is 18.4. The predicted molar refractivity (Wildman–Crippen MR) is 92.9 cm³/mol. The van der Waals surface area contributed by atoms with E-state index in [0.717, 1.165) is 0 Å². The van der Waals surface area contributed by atoms with Crippen LogP contribution in [0.3, 0.4) is 0 Å².